The van der Waals surface area contributed by atoms with Crippen molar-refractivity contribution in [3.8, 4) is 11.6 Å². The fourth-order valence-electron chi connectivity index (χ4n) is 2.33. The Balaban J connectivity index is 1.81. The van der Waals surface area contributed by atoms with E-state index in [1.54, 1.807) is 35.0 Å². The van der Waals surface area contributed by atoms with Gasteiger partial charge < -0.3 is 15.0 Å². The summed E-state index contributed by atoms with van der Waals surface area (Å²) >= 11 is 5.23. The summed E-state index contributed by atoms with van der Waals surface area (Å²) in [5.74, 6) is -0.196. The molecule has 0 fully saturated rings. The van der Waals surface area contributed by atoms with E-state index in [2.05, 4.69) is 15.3 Å². The molecule has 0 unspecified atom stereocenters. The van der Waals surface area contributed by atoms with Crippen molar-refractivity contribution in [1.82, 2.24) is 19.9 Å². The molecule has 0 atom stereocenters. The second kappa shape index (κ2) is 7.27. The first-order chi connectivity index (χ1) is 12.1. The maximum atomic E-state index is 13.1. The second-order valence-corrected chi connectivity index (χ2v) is 5.57. The lowest BCUT2D eigenvalue weighted by Crippen LogP contribution is -2.25. The molecule has 3 rings (SSSR count). The van der Waals surface area contributed by atoms with Crippen LogP contribution in [0.25, 0.3) is 5.69 Å². The summed E-state index contributed by atoms with van der Waals surface area (Å²) in [5.41, 5.74) is 1.78. The summed E-state index contributed by atoms with van der Waals surface area (Å²) < 4.78 is 20.1. The van der Waals surface area contributed by atoms with E-state index in [-0.39, 0.29) is 11.7 Å². The maximum Gasteiger partial charge on any atom is 0.270 e. The van der Waals surface area contributed by atoms with Gasteiger partial charge in [0.1, 0.15) is 11.5 Å². The largest absolute Gasteiger partial charge is 0.481 e. The van der Waals surface area contributed by atoms with Gasteiger partial charge in [-0.3, -0.25) is 9.36 Å². The van der Waals surface area contributed by atoms with Crippen molar-refractivity contribution < 1.29 is 13.9 Å². The van der Waals surface area contributed by atoms with Crippen molar-refractivity contribution in [1.29, 1.82) is 0 Å². The van der Waals surface area contributed by atoms with Crippen molar-refractivity contribution >= 4 is 18.1 Å². The average molecular weight is 358 g/mol. The van der Waals surface area contributed by atoms with Crippen LogP contribution in [0.15, 0.2) is 48.8 Å². The number of nitrogens with zero attached hydrogens (tertiary/aromatic N) is 2. The average Bonchev–Trinajstić information content (AvgIpc) is 3.02. The molecule has 0 aliphatic rings. The third-order valence-electron chi connectivity index (χ3n) is 3.56. The Morgan fingerprint density at radius 2 is 2.12 bits per heavy atom. The van der Waals surface area contributed by atoms with E-state index in [4.69, 9.17) is 17.0 Å². The number of hydrogen-bond donors (Lipinski definition) is 2. The molecule has 128 valence electrons. The Labute approximate surface area is 148 Å². The molecule has 25 heavy (non-hydrogen) atoms. The lowest BCUT2D eigenvalue weighted by Gasteiger charge is -2.09. The maximum absolute atomic E-state index is 13.1. The van der Waals surface area contributed by atoms with E-state index < -0.39 is 0 Å². The van der Waals surface area contributed by atoms with Crippen LogP contribution >= 0.6 is 12.2 Å². The number of benzene rings is 1. The molecule has 3 aromatic rings. The van der Waals surface area contributed by atoms with Gasteiger partial charge in [-0.05, 0) is 48.1 Å². The van der Waals surface area contributed by atoms with Gasteiger partial charge >= 0.3 is 0 Å². The lowest BCUT2D eigenvalue weighted by atomic mass is 10.2. The van der Waals surface area contributed by atoms with Crippen molar-refractivity contribution in [3.05, 3.63) is 70.6 Å². The number of carbonyl (C=O) groups excluding carboxylic acids is 1. The number of pyridine rings is 1. The molecule has 2 heterocycles. The van der Waals surface area contributed by atoms with Crippen LogP contribution in [0.4, 0.5) is 4.39 Å². The fourth-order valence-corrected chi connectivity index (χ4v) is 2.59. The molecular formula is C17H15FN4O2S. The van der Waals surface area contributed by atoms with Crippen LogP contribution in [-0.2, 0) is 6.54 Å². The van der Waals surface area contributed by atoms with Gasteiger partial charge in [0.05, 0.1) is 7.11 Å². The minimum atomic E-state index is -0.358. The number of H-pyrrole nitrogens is 1. The Morgan fingerprint density at radius 3 is 2.84 bits per heavy atom. The summed E-state index contributed by atoms with van der Waals surface area (Å²) in [5, 5.41) is 2.82. The van der Waals surface area contributed by atoms with Gasteiger partial charge in [0.15, 0.2) is 4.77 Å². The molecule has 8 heteroatoms. The molecule has 1 amide bonds. The minimum Gasteiger partial charge on any atom is -0.481 e. The van der Waals surface area contributed by atoms with Gasteiger partial charge in [0, 0.05) is 30.7 Å². The highest BCUT2D eigenvalue weighted by Crippen LogP contribution is 2.14. The Hall–Kier alpha value is -3.00. The number of ether oxygens (including phenoxy) is 1. The van der Waals surface area contributed by atoms with E-state index in [1.807, 2.05) is 0 Å². The molecular weight excluding hydrogens is 343 g/mol. The van der Waals surface area contributed by atoms with Gasteiger partial charge in [0.2, 0.25) is 5.88 Å². The van der Waals surface area contributed by atoms with E-state index in [0.29, 0.717) is 28.6 Å². The van der Waals surface area contributed by atoms with Gasteiger partial charge in [-0.1, -0.05) is 0 Å². The number of halogens is 1. The topological polar surface area (TPSA) is 71.9 Å². The van der Waals surface area contributed by atoms with E-state index >= 15 is 0 Å². The van der Waals surface area contributed by atoms with Crippen LogP contribution in [0.2, 0.25) is 0 Å². The minimum absolute atomic E-state index is 0.305. The number of rotatable bonds is 5. The van der Waals surface area contributed by atoms with Crippen molar-refractivity contribution in [2.24, 2.45) is 0 Å². The normalized spacial score (nSPS) is 10.5. The predicted molar refractivity (Wildman–Crippen MR) is 92.9 cm³/mol. The molecule has 2 N–H and O–H groups in total. The molecule has 0 aliphatic heterocycles. The van der Waals surface area contributed by atoms with Crippen LogP contribution in [0, 0.1) is 10.6 Å². The number of aromatic amines is 1. The van der Waals surface area contributed by atoms with Crippen LogP contribution in [0.5, 0.6) is 5.88 Å². The highest BCUT2D eigenvalue weighted by atomic mass is 32.1. The van der Waals surface area contributed by atoms with E-state index in [1.165, 1.54) is 25.4 Å². The van der Waals surface area contributed by atoms with Crippen LogP contribution in [0.3, 0.4) is 0 Å². The summed E-state index contributed by atoms with van der Waals surface area (Å²) in [6.07, 6.45) is 3.13. The molecule has 0 saturated heterocycles. The first-order valence-corrected chi connectivity index (χ1v) is 7.83. The third-order valence-corrected chi connectivity index (χ3v) is 3.86. The molecule has 0 aliphatic carbocycles. The Kier molecular flexibility index (Phi) is 4.90. The van der Waals surface area contributed by atoms with E-state index in [0.717, 1.165) is 5.56 Å². The number of carbonyl (C=O) groups is 1. The molecule has 0 spiro atoms. The van der Waals surface area contributed by atoms with Gasteiger partial charge in [-0.2, -0.15) is 0 Å². The van der Waals surface area contributed by atoms with Crippen molar-refractivity contribution in [3.63, 3.8) is 0 Å². The zero-order valence-corrected chi connectivity index (χ0v) is 14.1. The molecule has 2 aromatic heterocycles. The molecule has 0 saturated carbocycles. The smallest absolute Gasteiger partial charge is 0.270 e. The Bertz CT molecular complexity index is 950. The quantitative estimate of drug-likeness (QED) is 0.688. The summed E-state index contributed by atoms with van der Waals surface area (Å²) in [6.45, 7) is 0.305. The summed E-state index contributed by atoms with van der Waals surface area (Å²) in [7, 11) is 1.53. The second-order valence-electron chi connectivity index (χ2n) is 5.18. The molecule has 0 bridgehead atoms. The standard InChI is InChI=1S/C17H15FN4O2S/c1-24-15-8-11(6-7-19-15)9-20-16(23)14-10-21-17(25)22(14)13-4-2-12(18)3-5-13/h2-8,10H,9H2,1H3,(H,20,23)(H,21,25). The molecule has 0 radical (unpaired) electrons. The Morgan fingerprint density at radius 1 is 1.36 bits per heavy atom. The van der Waals surface area contributed by atoms with Crippen LogP contribution < -0.4 is 10.1 Å². The number of hydrogen-bond acceptors (Lipinski definition) is 4. The highest BCUT2D eigenvalue weighted by molar-refractivity contribution is 7.71. The highest BCUT2D eigenvalue weighted by Gasteiger charge is 2.14. The number of methoxy groups -OCH3 is 1. The van der Waals surface area contributed by atoms with Crippen LogP contribution in [-0.4, -0.2) is 27.6 Å². The first kappa shape index (κ1) is 16.8. The molecule has 1 aromatic carbocycles. The van der Waals surface area contributed by atoms with E-state index in [9.17, 15) is 9.18 Å². The fraction of sp³-hybridized carbons (Fsp3) is 0.118. The van der Waals surface area contributed by atoms with Gasteiger partial charge in [-0.25, -0.2) is 9.37 Å². The number of imidazole rings is 1. The third kappa shape index (κ3) is 3.74. The zero-order chi connectivity index (χ0) is 17.8. The lowest BCUT2D eigenvalue weighted by molar-refractivity contribution is 0.0944. The zero-order valence-electron chi connectivity index (χ0n) is 13.3. The number of nitrogens with one attached hydrogen (secondary N) is 2. The van der Waals surface area contributed by atoms with Gasteiger partial charge in [-0.15, -0.1) is 0 Å². The van der Waals surface area contributed by atoms with Crippen molar-refractivity contribution in [2.75, 3.05) is 7.11 Å². The SMILES string of the molecule is COc1cc(CNC(=O)c2c[nH]c(=S)n2-c2ccc(F)cc2)ccn1. The van der Waals surface area contributed by atoms with Crippen LogP contribution in [0.1, 0.15) is 16.1 Å². The number of amides is 1. The number of aromatic nitrogens is 3. The van der Waals surface area contributed by atoms with Crippen molar-refractivity contribution in [2.45, 2.75) is 6.54 Å². The monoisotopic (exact) mass is 358 g/mol. The van der Waals surface area contributed by atoms with Gasteiger partial charge in [0.25, 0.3) is 5.91 Å². The molecule has 6 nitrogen and oxygen atoms in total. The predicted octanol–water partition coefficient (Wildman–Crippen LogP) is 3.01. The summed E-state index contributed by atoms with van der Waals surface area (Å²) in [6, 6.07) is 9.27. The first-order valence-electron chi connectivity index (χ1n) is 7.42. The summed E-state index contributed by atoms with van der Waals surface area (Å²) in [4.78, 5) is 19.4.